The van der Waals surface area contributed by atoms with Crippen LogP contribution in [0.15, 0.2) is 29.0 Å². The number of likely N-dealkylation sites (tertiary alicyclic amines) is 1. The fourth-order valence-corrected chi connectivity index (χ4v) is 3.82. The number of hydrogen-bond donors (Lipinski definition) is 3. The molecule has 2 aromatic rings. The lowest BCUT2D eigenvalue weighted by Crippen LogP contribution is -2.57. The minimum absolute atomic E-state index is 0.193. The van der Waals surface area contributed by atoms with Crippen molar-refractivity contribution in [1.29, 1.82) is 0 Å². The number of amides is 4. The van der Waals surface area contributed by atoms with E-state index in [1.165, 1.54) is 0 Å². The van der Waals surface area contributed by atoms with Crippen LogP contribution >= 0.6 is 15.9 Å². The molecule has 3 unspecified atom stereocenters. The van der Waals surface area contributed by atoms with Gasteiger partial charge in [0.2, 0.25) is 5.91 Å². The Hall–Kier alpha value is -2.75. The number of nitrogens with two attached hydrogens (primary N) is 1. The topological polar surface area (TPSA) is 130 Å². The molecular formula is C19H23BrN6O3. The van der Waals surface area contributed by atoms with Gasteiger partial charge in [-0.25, -0.2) is 9.78 Å². The average molecular weight is 463 g/mol. The molecule has 9 nitrogen and oxygen atoms in total. The first-order chi connectivity index (χ1) is 13.8. The summed E-state index contributed by atoms with van der Waals surface area (Å²) in [6, 6.07) is 1.77. The number of rotatable bonds is 4. The van der Waals surface area contributed by atoms with Gasteiger partial charge in [0.25, 0.3) is 5.91 Å². The molecule has 0 radical (unpaired) electrons. The molecule has 0 saturated carbocycles. The van der Waals surface area contributed by atoms with Crippen molar-refractivity contribution < 1.29 is 14.4 Å². The number of urea groups is 1. The van der Waals surface area contributed by atoms with E-state index in [4.69, 9.17) is 5.73 Å². The smallest absolute Gasteiger partial charge is 0.312 e. The van der Waals surface area contributed by atoms with Crippen LogP contribution in [0.25, 0.3) is 10.9 Å². The molecule has 0 bridgehead atoms. The van der Waals surface area contributed by atoms with Gasteiger partial charge in [-0.2, -0.15) is 0 Å². The highest BCUT2D eigenvalue weighted by molar-refractivity contribution is 9.10. The fourth-order valence-electron chi connectivity index (χ4n) is 3.38. The number of primary amides is 1. The van der Waals surface area contributed by atoms with Gasteiger partial charge in [-0.05, 0) is 47.3 Å². The van der Waals surface area contributed by atoms with Gasteiger partial charge in [-0.15, -0.1) is 0 Å². The van der Waals surface area contributed by atoms with Crippen LogP contribution in [0.5, 0.6) is 0 Å². The van der Waals surface area contributed by atoms with E-state index in [1.54, 1.807) is 36.4 Å². The minimum Gasteiger partial charge on any atom is -0.352 e. The quantitative estimate of drug-likeness (QED) is 0.632. The largest absolute Gasteiger partial charge is 0.352 e. The fraction of sp³-hybridized carbons (Fsp3) is 0.421. The number of fused-ring (bicyclic) bond motifs is 1. The Kier molecular flexibility index (Phi) is 6.31. The third-order valence-corrected chi connectivity index (χ3v) is 5.68. The number of pyridine rings is 2. The summed E-state index contributed by atoms with van der Waals surface area (Å²) >= 11 is 3.40. The molecule has 0 aromatic carbocycles. The van der Waals surface area contributed by atoms with Gasteiger partial charge in [0.05, 0.1) is 9.99 Å². The van der Waals surface area contributed by atoms with Gasteiger partial charge in [0.15, 0.2) is 0 Å². The van der Waals surface area contributed by atoms with E-state index in [-0.39, 0.29) is 23.8 Å². The summed E-state index contributed by atoms with van der Waals surface area (Å²) in [6.45, 7) is 4.54. The lowest BCUT2D eigenvalue weighted by atomic mass is 9.93. The Balaban J connectivity index is 1.71. The van der Waals surface area contributed by atoms with Crippen molar-refractivity contribution in [1.82, 2.24) is 25.5 Å². The molecule has 3 heterocycles. The Morgan fingerprint density at radius 2 is 2.07 bits per heavy atom. The Morgan fingerprint density at radius 1 is 1.31 bits per heavy atom. The van der Waals surface area contributed by atoms with Gasteiger partial charge < -0.3 is 21.3 Å². The van der Waals surface area contributed by atoms with Gasteiger partial charge in [0, 0.05) is 36.9 Å². The van der Waals surface area contributed by atoms with Crippen LogP contribution in [0, 0.1) is 5.92 Å². The molecule has 1 saturated heterocycles. The summed E-state index contributed by atoms with van der Waals surface area (Å²) in [4.78, 5) is 46.5. The lowest BCUT2D eigenvalue weighted by molar-refractivity contribution is -0.134. The van der Waals surface area contributed by atoms with Crippen LogP contribution in [-0.2, 0) is 4.79 Å². The molecule has 1 aliphatic rings. The normalized spacial score (nSPS) is 20.2. The van der Waals surface area contributed by atoms with Gasteiger partial charge in [-0.3, -0.25) is 14.6 Å². The second-order valence-electron chi connectivity index (χ2n) is 7.25. The van der Waals surface area contributed by atoms with E-state index in [9.17, 15) is 14.4 Å². The highest BCUT2D eigenvalue weighted by Gasteiger charge is 2.32. The predicted molar refractivity (Wildman–Crippen MR) is 111 cm³/mol. The van der Waals surface area contributed by atoms with Crippen molar-refractivity contribution in [3.05, 3.63) is 34.7 Å². The molecule has 1 aliphatic heterocycles. The van der Waals surface area contributed by atoms with Crippen LogP contribution < -0.4 is 16.4 Å². The van der Waals surface area contributed by atoms with Gasteiger partial charge in [0.1, 0.15) is 11.7 Å². The number of nitrogens with zero attached hydrogens (tertiary/aromatic N) is 3. The Bertz CT molecular complexity index is 953. The van der Waals surface area contributed by atoms with Crippen molar-refractivity contribution >= 4 is 44.7 Å². The van der Waals surface area contributed by atoms with Gasteiger partial charge in [-0.1, -0.05) is 6.92 Å². The minimum atomic E-state index is -0.746. The standard InChI is InChI=1S/C19H23BrN6O3/c1-10-5-6-26(18(28)11(2)23-19(21)29)9-15(10)25-17(27)14-4-3-12-7-22-8-13(20)16(12)24-14/h3-4,7-8,10-11,15H,5-6,9H2,1-2H3,(H,25,27)(H3,21,23,29). The summed E-state index contributed by atoms with van der Waals surface area (Å²) < 4.78 is 0.711. The summed E-state index contributed by atoms with van der Waals surface area (Å²) in [5.74, 6) is -0.334. The van der Waals surface area contributed by atoms with E-state index < -0.39 is 12.1 Å². The average Bonchev–Trinajstić information content (AvgIpc) is 2.68. The summed E-state index contributed by atoms with van der Waals surface area (Å²) in [7, 11) is 0. The summed E-state index contributed by atoms with van der Waals surface area (Å²) in [6.07, 6.45) is 4.05. The first kappa shape index (κ1) is 21.0. The molecule has 1 fully saturated rings. The highest BCUT2D eigenvalue weighted by atomic mass is 79.9. The Morgan fingerprint density at radius 3 is 2.79 bits per heavy atom. The molecular weight excluding hydrogens is 440 g/mol. The molecule has 3 rings (SSSR count). The molecule has 0 spiro atoms. The van der Waals surface area contributed by atoms with Crippen LogP contribution in [0.4, 0.5) is 4.79 Å². The monoisotopic (exact) mass is 462 g/mol. The van der Waals surface area contributed by atoms with Gasteiger partial charge >= 0.3 is 6.03 Å². The molecule has 4 amide bonds. The number of carbonyl (C=O) groups is 3. The first-order valence-electron chi connectivity index (χ1n) is 9.32. The molecule has 3 atom stereocenters. The van der Waals surface area contributed by atoms with Crippen molar-refractivity contribution in [3.8, 4) is 0 Å². The van der Waals surface area contributed by atoms with E-state index in [0.29, 0.717) is 28.8 Å². The van der Waals surface area contributed by atoms with Crippen molar-refractivity contribution in [3.63, 3.8) is 0 Å². The zero-order valence-corrected chi connectivity index (χ0v) is 17.8. The first-order valence-corrected chi connectivity index (χ1v) is 10.1. The van der Waals surface area contributed by atoms with E-state index in [1.807, 2.05) is 6.92 Å². The Labute approximate surface area is 176 Å². The lowest BCUT2D eigenvalue weighted by Gasteiger charge is -2.38. The third kappa shape index (κ3) is 4.81. The number of piperidine rings is 1. The maximum absolute atomic E-state index is 12.8. The third-order valence-electron chi connectivity index (χ3n) is 5.10. The van der Waals surface area contributed by atoms with E-state index in [2.05, 4.69) is 36.5 Å². The van der Waals surface area contributed by atoms with E-state index in [0.717, 1.165) is 11.8 Å². The molecule has 154 valence electrons. The number of halogens is 1. The highest BCUT2D eigenvalue weighted by Crippen LogP contribution is 2.22. The SMILES string of the molecule is CC(NC(N)=O)C(=O)N1CCC(C)C(NC(=O)c2ccc3cncc(Br)c3n2)C1. The molecule has 2 aromatic heterocycles. The zero-order chi connectivity index (χ0) is 21.1. The van der Waals surface area contributed by atoms with Crippen molar-refractivity contribution in [2.45, 2.75) is 32.4 Å². The molecule has 0 aliphatic carbocycles. The van der Waals surface area contributed by atoms with Crippen LogP contribution in [0.2, 0.25) is 0 Å². The van der Waals surface area contributed by atoms with Crippen LogP contribution in [0.1, 0.15) is 30.8 Å². The predicted octanol–water partition coefficient (Wildman–Crippen LogP) is 1.42. The van der Waals surface area contributed by atoms with Crippen molar-refractivity contribution in [2.75, 3.05) is 13.1 Å². The zero-order valence-electron chi connectivity index (χ0n) is 16.2. The number of aromatic nitrogens is 2. The summed E-state index contributed by atoms with van der Waals surface area (Å²) in [5, 5.41) is 6.22. The maximum atomic E-state index is 12.8. The van der Waals surface area contributed by atoms with Crippen LogP contribution in [0.3, 0.4) is 0 Å². The van der Waals surface area contributed by atoms with Crippen molar-refractivity contribution in [2.24, 2.45) is 11.7 Å². The maximum Gasteiger partial charge on any atom is 0.312 e. The molecule has 10 heteroatoms. The number of nitrogens with one attached hydrogen (secondary N) is 2. The second-order valence-corrected chi connectivity index (χ2v) is 8.10. The summed E-state index contributed by atoms with van der Waals surface area (Å²) in [5.41, 5.74) is 6.05. The number of carbonyl (C=O) groups excluding carboxylic acids is 3. The molecule has 29 heavy (non-hydrogen) atoms. The van der Waals surface area contributed by atoms with Crippen LogP contribution in [-0.4, -0.2) is 57.9 Å². The van der Waals surface area contributed by atoms with E-state index >= 15 is 0 Å². The number of hydrogen-bond acceptors (Lipinski definition) is 5. The molecule has 4 N–H and O–H groups in total. The second kappa shape index (κ2) is 8.73.